The summed E-state index contributed by atoms with van der Waals surface area (Å²) in [4.78, 5) is 33.6. The van der Waals surface area contributed by atoms with Crippen LogP contribution >= 0.6 is 11.6 Å². The Morgan fingerprint density at radius 1 is 1.16 bits per heavy atom. The standard InChI is InChI=1S/C27H30ClFN4O4/c1-4-36-24(34)13-14-32-25(19-7-8-19)31-26(30-21-11-12-23(22(29)15-21)37-17(2)3)33(27(32)35)16-18-5-9-20(28)10-6-18/h5-6,9-12,15,17H,4,7-8,13-14,16H2,1-3H3,(H,30,31). The van der Waals surface area contributed by atoms with Crippen LogP contribution in [-0.2, 0) is 16.1 Å². The van der Waals surface area contributed by atoms with E-state index in [-0.39, 0.29) is 55.9 Å². The number of anilines is 1. The van der Waals surface area contributed by atoms with Gasteiger partial charge in [0, 0.05) is 23.3 Å². The number of carbonyl (C=O) groups excluding carboxylic acids is 2. The van der Waals surface area contributed by atoms with Crippen molar-refractivity contribution in [2.45, 2.75) is 52.7 Å². The first-order valence-corrected chi connectivity index (χ1v) is 12.7. The van der Waals surface area contributed by atoms with Gasteiger partial charge in [0.15, 0.2) is 11.6 Å². The van der Waals surface area contributed by atoms with Gasteiger partial charge < -0.3 is 14.8 Å². The molecule has 8 nitrogen and oxygen atoms in total. The summed E-state index contributed by atoms with van der Waals surface area (Å²) in [6.07, 6.45) is 1.52. The van der Waals surface area contributed by atoms with E-state index < -0.39 is 5.82 Å². The molecule has 0 unspecified atom stereocenters. The van der Waals surface area contributed by atoms with Gasteiger partial charge in [-0.25, -0.2) is 9.18 Å². The molecule has 2 aromatic carbocycles. The Balaban J connectivity index is 1.66. The molecule has 10 heteroatoms. The molecular formula is C27H30ClFN4O4. The third-order valence-corrected chi connectivity index (χ3v) is 5.90. The number of guanidine groups is 1. The number of carbonyl (C=O) groups is 2. The Bertz CT molecular complexity index is 1220. The lowest BCUT2D eigenvalue weighted by Gasteiger charge is -2.36. The van der Waals surface area contributed by atoms with Crippen molar-refractivity contribution in [2.75, 3.05) is 18.5 Å². The van der Waals surface area contributed by atoms with Crippen LogP contribution < -0.4 is 10.1 Å². The first kappa shape index (κ1) is 26.5. The fourth-order valence-electron chi connectivity index (χ4n) is 3.81. The number of urea groups is 1. The first-order chi connectivity index (χ1) is 17.7. The normalized spacial score (nSPS) is 15.2. The molecule has 1 heterocycles. The fraction of sp³-hybridized carbons (Fsp3) is 0.370. The number of nitrogens with one attached hydrogen (secondary N) is 1. The molecule has 0 spiro atoms. The maximum Gasteiger partial charge on any atom is 0.332 e. The second kappa shape index (κ2) is 11.6. The summed E-state index contributed by atoms with van der Waals surface area (Å²) in [6, 6.07) is 11.3. The molecule has 1 saturated carbocycles. The number of ether oxygens (including phenoxy) is 2. The van der Waals surface area contributed by atoms with Gasteiger partial charge in [-0.15, -0.1) is 0 Å². The number of hydrogen-bond acceptors (Lipinski definition) is 6. The minimum absolute atomic E-state index is 0.0476. The van der Waals surface area contributed by atoms with Crippen molar-refractivity contribution in [3.8, 4) is 5.75 Å². The summed E-state index contributed by atoms with van der Waals surface area (Å²) in [7, 11) is 0. The average Bonchev–Trinajstić information content (AvgIpc) is 3.69. The molecule has 4 rings (SSSR count). The number of hydrogen-bond donors (Lipinski definition) is 1. The maximum absolute atomic E-state index is 14.7. The van der Waals surface area contributed by atoms with Gasteiger partial charge in [0.1, 0.15) is 5.82 Å². The van der Waals surface area contributed by atoms with E-state index in [0.717, 1.165) is 24.0 Å². The number of allylic oxidation sites excluding steroid dienone is 1. The molecule has 1 aliphatic carbocycles. The second-order valence-electron chi connectivity index (χ2n) is 9.00. The smallest absolute Gasteiger partial charge is 0.332 e. The topological polar surface area (TPSA) is 83.5 Å². The highest BCUT2D eigenvalue weighted by molar-refractivity contribution is 6.30. The fourth-order valence-corrected chi connectivity index (χ4v) is 3.94. The van der Waals surface area contributed by atoms with E-state index in [9.17, 15) is 14.0 Å². The number of rotatable bonds is 9. The van der Waals surface area contributed by atoms with Crippen LogP contribution in [-0.4, -0.2) is 47.0 Å². The van der Waals surface area contributed by atoms with Gasteiger partial charge in [-0.2, -0.15) is 4.99 Å². The number of esters is 1. The molecule has 0 radical (unpaired) electrons. The molecule has 2 amide bonds. The van der Waals surface area contributed by atoms with Crippen molar-refractivity contribution >= 4 is 35.2 Å². The molecule has 1 N–H and O–H groups in total. The Labute approximate surface area is 220 Å². The van der Waals surface area contributed by atoms with Crippen LogP contribution in [0.1, 0.15) is 45.6 Å². The molecule has 0 saturated heterocycles. The minimum Gasteiger partial charge on any atom is -0.488 e. The van der Waals surface area contributed by atoms with Crippen LogP contribution in [0.3, 0.4) is 0 Å². The van der Waals surface area contributed by atoms with E-state index in [1.165, 1.54) is 15.9 Å². The average molecular weight is 529 g/mol. The Hall–Kier alpha value is -3.59. The summed E-state index contributed by atoms with van der Waals surface area (Å²) >= 11 is 6.04. The zero-order valence-electron chi connectivity index (χ0n) is 21.1. The Morgan fingerprint density at radius 3 is 2.51 bits per heavy atom. The number of benzene rings is 2. The van der Waals surface area contributed by atoms with Gasteiger partial charge in [0.25, 0.3) is 0 Å². The van der Waals surface area contributed by atoms with Crippen LogP contribution in [0.15, 0.2) is 58.9 Å². The third kappa shape index (κ3) is 6.80. The predicted molar refractivity (Wildman–Crippen MR) is 140 cm³/mol. The second-order valence-corrected chi connectivity index (χ2v) is 9.44. The number of amides is 2. The van der Waals surface area contributed by atoms with Crippen LogP contribution in [0.5, 0.6) is 5.75 Å². The van der Waals surface area contributed by atoms with Gasteiger partial charge in [0.05, 0.1) is 25.7 Å². The molecule has 0 aromatic heterocycles. The molecule has 1 aliphatic heterocycles. The van der Waals surface area contributed by atoms with Crippen molar-refractivity contribution in [2.24, 2.45) is 4.99 Å². The lowest BCUT2D eigenvalue weighted by Crippen LogP contribution is -2.52. The van der Waals surface area contributed by atoms with E-state index in [2.05, 4.69) is 5.32 Å². The third-order valence-electron chi connectivity index (χ3n) is 5.65. The molecular weight excluding hydrogens is 499 g/mol. The molecule has 2 aromatic rings. The zero-order valence-corrected chi connectivity index (χ0v) is 21.8. The van der Waals surface area contributed by atoms with Gasteiger partial charge in [-0.3, -0.25) is 14.6 Å². The van der Waals surface area contributed by atoms with Crippen molar-refractivity contribution in [3.05, 3.63) is 70.3 Å². The van der Waals surface area contributed by atoms with Crippen LogP contribution in [0, 0.1) is 5.82 Å². The van der Waals surface area contributed by atoms with Gasteiger partial charge in [-0.1, -0.05) is 23.7 Å². The molecule has 0 bridgehead atoms. The van der Waals surface area contributed by atoms with Gasteiger partial charge >= 0.3 is 12.0 Å². The predicted octanol–water partition coefficient (Wildman–Crippen LogP) is 5.93. The molecule has 196 valence electrons. The van der Waals surface area contributed by atoms with Crippen LogP contribution in [0.2, 0.25) is 5.02 Å². The van der Waals surface area contributed by atoms with E-state index in [4.69, 9.17) is 26.1 Å². The van der Waals surface area contributed by atoms with Gasteiger partial charge in [-0.05, 0) is 69.0 Å². The first-order valence-electron chi connectivity index (χ1n) is 12.3. The maximum atomic E-state index is 14.7. The van der Waals surface area contributed by atoms with Crippen molar-refractivity contribution in [1.29, 1.82) is 0 Å². The minimum atomic E-state index is -0.525. The van der Waals surface area contributed by atoms with Crippen molar-refractivity contribution < 1.29 is 23.5 Å². The summed E-state index contributed by atoms with van der Waals surface area (Å²) < 4.78 is 25.2. The Kier molecular flexibility index (Phi) is 8.33. The van der Waals surface area contributed by atoms with Crippen LogP contribution in [0.4, 0.5) is 14.9 Å². The highest BCUT2D eigenvalue weighted by Gasteiger charge is 2.36. The summed E-state index contributed by atoms with van der Waals surface area (Å²) in [6.45, 7) is 5.99. The van der Waals surface area contributed by atoms with Crippen LogP contribution in [0.25, 0.3) is 0 Å². The van der Waals surface area contributed by atoms with E-state index in [0.29, 0.717) is 16.5 Å². The summed E-state index contributed by atoms with van der Waals surface area (Å²) in [5.74, 6) is 0.0171. The quantitative estimate of drug-likeness (QED) is 0.408. The number of nitrogens with zero attached hydrogens (tertiary/aromatic N) is 3. The Morgan fingerprint density at radius 2 is 1.89 bits per heavy atom. The van der Waals surface area contributed by atoms with E-state index in [1.54, 1.807) is 31.2 Å². The molecule has 1 fully saturated rings. The van der Waals surface area contributed by atoms with Crippen molar-refractivity contribution in [3.63, 3.8) is 0 Å². The lowest BCUT2D eigenvalue weighted by molar-refractivity contribution is -0.143. The SMILES string of the molecule is CCOC(=O)CCN1C(=O)N(Cc2ccc(Cl)cc2)C(Nc2ccc(OC(C)C)c(F)c2)=NC1=C1CC1. The molecule has 37 heavy (non-hydrogen) atoms. The summed E-state index contributed by atoms with van der Waals surface area (Å²) in [5, 5.41) is 3.69. The number of halogens is 2. The molecule has 0 atom stereocenters. The highest BCUT2D eigenvalue weighted by Crippen LogP contribution is 2.36. The monoisotopic (exact) mass is 528 g/mol. The zero-order chi connectivity index (χ0) is 26.5. The van der Waals surface area contributed by atoms with E-state index >= 15 is 0 Å². The largest absolute Gasteiger partial charge is 0.488 e. The number of aliphatic imine (C=N–C) groups is 1. The molecule has 2 aliphatic rings. The summed E-state index contributed by atoms with van der Waals surface area (Å²) in [5.41, 5.74) is 2.27. The van der Waals surface area contributed by atoms with E-state index in [1.807, 2.05) is 26.0 Å². The van der Waals surface area contributed by atoms with Gasteiger partial charge in [0.2, 0.25) is 5.96 Å². The highest BCUT2D eigenvalue weighted by atomic mass is 35.5. The van der Waals surface area contributed by atoms with Crippen molar-refractivity contribution in [1.82, 2.24) is 9.80 Å². The lowest BCUT2D eigenvalue weighted by atomic mass is 10.2.